The summed E-state index contributed by atoms with van der Waals surface area (Å²) in [4.78, 5) is 29.7. The Hall–Kier alpha value is -3.73. The number of nitrogens with two attached hydrogens (primary N) is 1. The fourth-order valence-corrected chi connectivity index (χ4v) is 6.65. The zero-order valence-electron chi connectivity index (χ0n) is 25.1. The van der Waals surface area contributed by atoms with E-state index >= 15 is 0 Å². The molecule has 2 aromatic carbocycles. The van der Waals surface area contributed by atoms with Crippen LogP contribution in [0.2, 0.25) is 0 Å². The first-order valence-corrected chi connectivity index (χ1v) is 15.7. The van der Waals surface area contributed by atoms with Crippen LogP contribution in [0.15, 0.2) is 54.6 Å². The van der Waals surface area contributed by atoms with Crippen LogP contribution in [0.5, 0.6) is 0 Å². The van der Waals surface area contributed by atoms with E-state index in [2.05, 4.69) is 44.5 Å². The molecule has 0 spiro atoms. The van der Waals surface area contributed by atoms with Crippen LogP contribution in [0.25, 0.3) is 11.3 Å². The summed E-state index contributed by atoms with van der Waals surface area (Å²) in [5, 5.41) is 17.1. The molecule has 1 aliphatic carbocycles. The normalized spacial score (nSPS) is 22.3. The number of aliphatic hydroxyl groups is 1. The molecule has 1 saturated carbocycles. The minimum absolute atomic E-state index is 0.0625. The summed E-state index contributed by atoms with van der Waals surface area (Å²) < 4.78 is 0. The number of likely N-dealkylation sites (N-methyl/N-ethyl adjacent to an activating group) is 1. The van der Waals surface area contributed by atoms with E-state index in [4.69, 9.17) is 15.7 Å². The third-order valence-electron chi connectivity index (χ3n) is 9.18. The van der Waals surface area contributed by atoms with E-state index in [9.17, 15) is 9.90 Å². The summed E-state index contributed by atoms with van der Waals surface area (Å²) in [6.45, 7) is 6.76. The summed E-state index contributed by atoms with van der Waals surface area (Å²) in [5.74, 6) is 0.232. The molecule has 0 bridgehead atoms. The van der Waals surface area contributed by atoms with E-state index in [0.29, 0.717) is 29.8 Å². The summed E-state index contributed by atoms with van der Waals surface area (Å²) in [5.41, 5.74) is 9.30. The average Bonchev–Trinajstić information content (AvgIpc) is 3.02. The molecular formula is C33H44N8O2. The van der Waals surface area contributed by atoms with Crippen LogP contribution in [-0.2, 0) is 0 Å². The Balaban J connectivity index is 1.18. The Morgan fingerprint density at radius 3 is 2.28 bits per heavy atom. The zero-order valence-corrected chi connectivity index (χ0v) is 25.1. The van der Waals surface area contributed by atoms with Crippen LogP contribution in [0.4, 0.5) is 23.0 Å². The number of carbonyl (C=O) groups excluding carboxylic acids is 1. The van der Waals surface area contributed by atoms with Gasteiger partial charge >= 0.3 is 0 Å². The molecule has 1 amide bonds. The maximum atomic E-state index is 12.6. The molecule has 2 aliphatic heterocycles. The van der Waals surface area contributed by atoms with Gasteiger partial charge in [-0.2, -0.15) is 0 Å². The van der Waals surface area contributed by atoms with Crippen LogP contribution in [0, 0.1) is 0 Å². The Morgan fingerprint density at radius 1 is 0.884 bits per heavy atom. The molecule has 228 valence electrons. The molecule has 3 heterocycles. The van der Waals surface area contributed by atoms with Gasteiger partial charge in [-0.25, -0.2) is 9.97 Å². The van der Waals surface area contributed by atoms with Crippen LogP contribution in [-0.4, -0.2) is 95.3 Å². The maximum Gasteiger partial charge on any atom is 0.271 e. The van der Waals surface area contributed by atoms with Crippen molar-refractivity contribution in [1.82, 2.24) is 19.8 Å². The number of carbonyl (C=O) groups is 1. The number of hydrogen-bond acceptors (Lipinski definition) is 9. The van der Waals surface area contributed by atoms with E-state index < -0.39 is 5.91 Å². The van der Waals surface area contributed by atoms with Crippen LogP contribution >= 0.6 is 0 Å². The highest BCUT2D eigenvalue weighted by Gasteiger charge is 2.27. The van der Waals surface area contributed by atoms with Crippen molar-refractivity contribution in [3.63, 3.8) is 0 Å². The van der Waals surface area contributed by atoms with Gasteiger partial charge in [0.2, 0.25) is 0 Å². The van der Waals surface area contributed by atoms with Gasteiger partial charge in [-0.05, 0) is 69.8 Å². The maximum absolute atomic E-state index is 12.6. The van der Waals surface area contributed by atoms with Crippen molar-refractivity contribution in [3.05, 3.63) is 60.3 Å². The van der Waals surface area contributed by atoms with Gasteiger partial charge < -0.3 is 31.3 Å². The lowest BCUT2D eigenvalue weighted by Crippen LogP contribution is -2.52. The van der Waals surface area contributed by atoms with Gasteiger partial charge in [0.25, 0.3) is 5.91 Å². The molecule has 3 fully saturated rings. The van der Waals surface area contributed by atoms with Gasteiger partial charge in [0.05, 0.1) is 6.10 Å². The first-order chi connectivity index (χ1) is 20.9. The number of primary amides is 1. The topological polar surface area (TPSA) is 123 Å². The van der Waals surface area contributed by atoms with Crippen molar-refractivity contribution < 1.29 is 9.90 Å². The van der Waals surface area contributed by atoms with Crippen LogP contribution in [0.3, 0.4) is 0 Å². The highest BCUT2D eigenvalue weighted by molar-refractivity contribution is 5.97. The Morgan fingerprint density at radius 2 is 1.60 bits per heavy atom. The molecule has 3 aromatic rings. The predicted molar refractivity (Wildman–Crippen MR) is 172 cm³/mol. The lowest BCUT2D eigenvalue weighted by molar-refractivity contribution is 0.0982. The van der Waals surface area contributed by atoms with Gasteiger partial charge in [-0.1, -0.05) is 30.3 Å². The number of nitrogens with zero attached hydrogens (tertiary/aromatic N) is 5. The number of nitrogens with one attached hydrogen (secondary N) is 2. The second-order valence-corrected chi connectivity index (χ2v) is 12.2. The first kappa shape index (κ1) is 29.3. The molecule has 0 radical (unpaired) electrons. The van der Waals surface area contributed by atoms with Gasteiger partial charge in [-0.3, -0.25) is 9.69 Å². The van der Waals surface area contributed by atoms with E-state index in [1.807, 2.05) is 42.5 Å². The predicted octanol–water partition coefficient (Wildman–Crippen LogP) is 3.92. The largest absolute Gasteiger partial charge is 0.393 e. The van der Waals surface area contributed by atoms with E-state index in [1.165, 1.54) is 31.6 Å². The Bertz CT molecular complexity index is 1370. The number of hydrogen-bond donors (Lipinski definition) is 4. The summed E-state index contributed by atoms with van der Waals surface area (Å²) >= 11 is 0. The lowest BCUT2D eigenvalue weighted by atomic mass is 9.93. The summed E-state index contributed by atoms with van der Waals surface area (Å²) in [6, 6.07) is 18.7. The number of piperidine rings is 1. The molecule has 3 aliphatic rings. The lowest BCUT2D eigenvalue weighted by Gasteiger charge is -2.42. The number of anilines is 4. The number of amides is 1. The Kier molecular flexibility index (Phi) is 9.06. The summed E-state index contributed by atoms with van der Waals surface area (Å²) in [7, 11) is 2.21. The second-order valence-electron chi connectivity index (χ2n) is 12.2. The van der Waals surface area contributed by atoms with E-state index in [-0.39, 0.29) is 17.8 Å². The van der Waals surface area contributed by atoms with Crippen molar-refractivity contribution in [2.24, 2.45) is 5.73 Å². The molecule has 1 aromatic heterocycles. The third kappa shape index (κ3) is 7.09. The number of aromatic nitrogens is 2. The minimum Gasteiger partial charge on any atom is -0.393 e. The highest BCUT2D eigenvalue weighted by Crippen LogP contribution is 2.32. The molecule has 43 heavy (non-hydrogen) atoms. The fraction of sp³-hybridized carbons (Fsp3) is 0.485. The van der Waals surface area contributed by atoms with Crippen molar-refractivity contribution in [3.8, 4) is 11.3 Å². The van der Waals surface area contributed by atoms with Crippen molar-refractivity contribution in [1.29, 1.82) is 0 Å². The molecule has 2 atom stereocenters. The summed E-state index contributed by atoms with van der Waals surface area (Å²) in [6.07, 6.45) is 5.36. The molecule has 5 N–H and O–H groups in total. The zero-order chi connectivity index (χ0) is 29.8. The number of benzene rings is 2. The smallest absolute Gasteiger partial charge is 0.271 e. The minimum atomic E-state index is -0.647. The third-order valence-corrected chi connectivity index (χ3v) is 9.18. The Labute approximate surface area is 254 Å². The van der Waals surface area contributed by atoms with E-state index in [0.717, 1.165) is 56.7 Å². The fourth-order valence-electron chi connectivity index (χ4n) is 6.65. The van der Waals surface area contributed by atoms with Crippen LogP contribution in [0.1, 0.15) is 49.0 Å². The molecule has 0 unspecified atom stereocenters. The molecule has 6 rings (SSSR count). The molecule has 10 heteroatoms. The van der Waals surface area contributed by atoms with Gasteiger partial charge in [0.1, 0.15) is 5.69 Å². The van der Waals surface area contributed by atoms with Crippen molar-refractivity contribution >= 4 is 28.9 Å². The van der Waals surface area contributed by atoms with Gasteiger partial charge in [0, 0.05) is 68.3 Å². The monoisotopic (exact) mass is 584 g/mol. The van der Waals surface area contributed by atoms with Crippen molar-refractivity contribution in [2.45, 2.75) is 56.7 Å². The highest BCUT2D eigenvalue weighted by atomic mass is 16.3. The van der Waals surface area contributed by atoms with E-state index in [1.54, 1.807) is 0 Å². The SMILES string of the molecule is CN1CCN(C2CCN(c3ccc(Nc4nc(N[C@@H]5CCC[C@H](O)C5)c(-c5ccccc5)nc4C(N)=O)cc3)CC2)CC1. The second kappa shape index (κ2) is 13.3. The molecular weight excluding hydrogens is 540 g/mol. The number of aliphatic hydroxyl groups excluding tert-OH is 1. The van der Waals surface area contributed by atoms with Crippen LogP contribution < -0.4 is 21.3 Å². The quantitative estimate of drug-likeness (QED) is 0.312. The van der Waals surface area contributed by atoms with Gasteiger partial charge in [0.15, 0.2) is 17.3 Å². The van der Waals surface area contributed by atoms with Gasteiger partial charge in [-0.15, -0.1) is 0 Å². The first-order valence-electron chi connectivity index (χ1n) is 15.7. The number of rotatable bonds is 8. The van der Waals surface area contributed by atoms with Crippen molar-refractivity contribution in [2.75, 3.05) is 61.8 Å². The molecule has 2 saturated heterocycles. The standard InChI is InChI=1S/C33H44N8O2/c1-39-18-20-41(21-19-39)27-14-16-40(17-15-27)26-12-10-24(11-13-26)35-33-30(31(34)43)37-29(23-6-3-2-4-7-23)32(38-33)36-25-8-5-9-28(42)22-25/h2-4,6-7,10-13,25,27-28,42H,5,8-9,14-22H2,1H3,(H2,34,43)(H2,35,36,38)/t25-,28+/m1/s1. The molecule has 10 nitrogen and oxygen atoms in total. The number of piperazine rings is 1. The average molecular weight is 585 g/mol.